The molecule has 1 saturated carbocycles. The van der Waals surface area contributed by atoms with E-state index in [4.69, 9.17) is 9.84 Å². The summed E-state index contributed by atoms with van der Waals surface area (Å²) in [6, 6.07) is 5.12. The molecule has 21 heavy (non-hydrogen) atoms. The van der Waals surface area contributed by atoms with E-state index >= 15 is 0 Å². The highest BCUT2D eigenvalue weighted by molar-refractivity contribution is 5.45. The van der Waals surface area contributed by atoms with Crippen LogP contribution in [0.2, 0.25) is 0 Å². The van der Waals surface area contributed by atoms with Gasteiger partial charge in [-0.05, 0) is 36.8 Å². The maximum absolute atomic E-state index is 11.0. The fourth-order valence-electron chi connectivity index (χ4n) is 2.86. The Kier molecular flexibility index (Phi) is 4.07. The molecular weight excluding hydrogens is 272 g/mol. The van der Waals surface area contributed by atoms with Crippen LogP contribution in [-0.4, -0.2) is 47.3 Å². The summed E-state index contributed by atoms with van der Waals surface area (Å²) >= 11 is 0. The number of nitro groups is 1. The molecule has 1 aliphatic heterocycles. The maximum Gasteiger partial charge on any atom is 0.273 e. The second kappa shape index (κ2) is 5.99. The van der Waals surface area contributed by atoms with Crippen molar-refractivity contribution >= 4 is 5.69 Å². The van der Waals surface area contributed by atoms with Gasteiger partial charge in [0.1, 0.15) is 11.9 Å². The standard InChI is InChI=1S/C15H20N2O4/c18-6-5-16-4-3-14(10-16)21-15-8-12(11-1-2-11)7-13(9-15)17(19)20/h7-9,11,14,18H,1-6,10H2. The molecule has 1 saturated heterocycles. The van der Waals surface area contributed by atoms with E-state index in [0.29, 0.717) is 18.2 Å². The van der Waals surface area contributed by atoms with Gasteiger partial charge in [0.2, 0.25) is 0 Å². The first-order chi connectivity index (χ1) is 10.2. The number of ether oxygens (including phenoxy) is 1. The van der Waals surface area contributed by atoms with Gasteiger partial charge in [-0.3, -0.25) is 15.0 Å². The van der Waals surface area contributed by atoms with Crippen molar-refractivity contribution < 1.29 is 14.8 Å². The van der Waals surface area contributed by atoms with Crippen LogP contribution >= 0.6 is 0 Å². The van der Waals surface area contributed by atoms with Crippen LogP contribution in [0.15, 0.2) is 18.2 Å². The maximum atomic E-state index is 11.0. The molecule has 1 aromatic carbocycles. The molecule has 1 unspecified atom stereocenters. The van der Waals surface area contributed by atoms with Crippen molar-refractivity contribution in [3.63, 3.8) is 0 Å². The third-order valence-electron chi connectivity index (χ3n) is 4.12. The van der Waals surface area contributed by atoms with E-state index in [2.05, 4.69) is 4.90 Å². The predicted octanol–water partition coefficient (Wildman–Crippen LogP) is 1.92. The molecule has 1 aliphatic carbocycles. The van der Waals surface area contributed by atoms with Crippen molar-refractivity contribution in [2.45, 2.75) is 31.3 Å². The molecular formula is C15H20N2O4. The molecule has 0 radical (unpaired) electrons. The summed E-state index contributed by atoms with van der Waals surface area (Å²) in [5.74, 6) is 1.06. The van der Waals surface area contributed by atoms with Crippen molar-refractivity contribution in [2.75, 3.05) is 26.2 Å². The highest BCUT2D eigenvalue weighted by atomic mass is 16.6. The molecule has 6 nitrogen and oxygen atoms in total. The zero-order chi connectivity index (χ0) is 14.8. The number of aliphatic hydroxyl groups excluding tert-OH is 1. The van der Waals surface area contributed by atoms with Crippen molar-refractivity contribution in [2.24, 2.45) is 0 Å². The summed E-state index contributed by atoms with van der Waals surface area (Å²) in [6.45, 7) is 2.47. The fourth-order valence-corrected chi connectivity index (χ4v) is 2.86. The molecule has 3 rings (SSSR count). The summed E-state index contributed by atoms with van der Waals surface area (Å²) < 4.78 is 5.93. The number of non-ortho nitro benzene ring substituents is 1. The second-order valence-corrected chi connectivity index (χ2v) is 5.84. The van der Waals surface area contributed by atoms with E-state index in [0.717, 1.165) is 37.9 Å². The van der Waals surface area contributed by atoms with Crippen LogP contribution in [0.25, 0.3) is 0 Å². The third-order valence-corrected chi connectivity index (χ3v) is 4.12. The number of hydrogen-bond acceptors (Lipinski definition) is 5. The third kappa shape index (κ3) is 3.51. The fraction of sp³-hybridized carbons (Fsp3) is 0.600. The first-order valence-electron chi connectivity index (χ1n) is 7.45. The Morgan fingerprint density at radius 2 is 2.14 bits per heavy atom. The lowest BCUT2D eigenvalue weighted by molar-refractivity contribution is -0.385. The molecule has 1 atom stereocenters. The molecule has 2 aliphatic rings. The highest BCUT2D eigenvalue weighted by Gasteiger charge is 2.28. The Morgan fingerprint density at radius 3 is 2.81 bits per heavy atom. The van der Waals surface area contributed by atoms with E-state index in [-0.39, 0.29) is 23.3 Å². The van der Waals surface area contributed by atoms with Gasteiger partial charge in [-0.25, -0.2) is 0 Å². The van der Waals surface area contributed by atoms with Gasteiger partial charge in [0.25, 0.3) is 5.69 Å². The first-order valence-corrected chi connectivity index (χ1v) is 7.45. The summed E-state index contributed by atoms with van der Waals surface area (Å²) in [5, 5.41) is 20.0. The quantitative estimate of drug-likeness (QED) is 0.640. The molecule has 114 valence electrons. The van der Waals surface area contributed by atoms with Gasteiger partial charge in [0, 0.05) is 25.7 Å². The Bertz CT molecular complexity index is 530. The lowest BCUT2D eigenvalue weighted by atomic mass is 10.1. The minimum absolute atomic E-state index is 0.0469. The van der Waals surface area contributed by atoms with Crippen molar-refractivity contribution in [1.82, 2.24) is 4.90 Å². The van der Waals surface area contributed by atoms with Gasteiger partial charge in [-0.15, -0.1) is 0 Å². The minimum Gasteiger partial charge on any atom is -0.489 e. The van der Waals surface area contributed by atoms with E-state index in [1.807, 2.05) is 6.07 Å². The SMILES string of the molecule is O=[N+]([O-])c1cc(OC2CCN(CCO)C2)cc(C2CC2)c1. The number of nitrogens with zero attached hydrogens (tertiary/aromatic N) is 2. The lowest BCUT2D eigenvalue weighted by Crippen LogP contribution is -2.27. The summed E-state index contributed by atoms with van der Waals surface area (Å²) in [5.41, 5.74) is 1.13. The first kappa shape index (κ1) is 14.3. The molecule has 0 aromatic heterocycles. The number of benzene rings is 1. The molecule has 6 heteroatoms. The summed E-state index contributed by atoms with van der Waals surface area (Å²) in [7, 11) is 0. The van der Waals surface area contributed by atoms with Crippen molar-refractivity contribution in [3.05, 3.63) is 33.9 Å². The molecule has 0 bridgehead atoms. The topological polar surface area (TPSA) is 75.8 Å². The monoisotopic (exact) mass is 292 g/mol. The lowest BCUT2D eigenvalue weighted by Gasteiger charge is -2.16. The second-order valence-electron chi connectivity index (χ2n) is 5.84. The van der Waals surface area contributed by atoms with Gasteiger partial charge < -0.3 is 9.84 Å². The molecule has 1 heterocycles. The van der Waals surface area contributed by atoms with Crippen LogP contribution in [-0.2, 0) is 0 Å². The smallest absolute Gasteiger partial charge is 0.273 e. The average molecular weight is 292 g/mol. The van der Waals surface area contributed by atoms with Crippen molar-refractivity contribution in [1.29, 1.82) is 0 Å². The van der Waals surface area contributed by atoms with Crippen molar-refractivity contribution in [3.8, 4) is 5.75 Å². The normalized spacial score (nSPS) is 22.4. The Morgan fingerprint density at radius 1 is 1.33 bits per heavy atom. The molecule has 0 amide bonds. The Balaban J connectivity index is 1.71. The molecule has 1 N–H and O–H groups in total. The van der Waals surface area contributed by atoms with Gasteiger partial charge in [-0.1, -0.05) is 0 Å². The van der Waals surface area contributed by atoms with Crippen LogP contribution in [0.5, 0.6) is 5.75 Å². The van der Waals surface area contributed by atoms with Gasteiger partial charge in [0.05, 0.1) is 17.6 Å². The van der Waals surface area contributed by atoms with Crippen LogP contribution < -0.4 is 4.74 Å². The summed E-state index contributed by atoms with van der Waals surface area (Å²) in [6.07, 6.45) is 3.15. The molecule has 0 spiro atoms. The van der Waals surface area contributed by atoms with Gasteiger partial charge in [-0.2, -0.15) is 0 Å². The van der Waals surface area contributed by atoms with Gasteiger partial charge in [0.15, 0.2) is 0 Å². The van der Waals surface area contributed by atoms with Crippen LogP contribution in [0.1, 0.15) is 30.7 Å². The van der Waals surface area contributed by atoms with Gasteiger partial charge >= 0.3 is 0 Å². The highest BCUT2D eigenvalue weighted by Crippen LogP contribution is 2.42. The number of hydrogen-bond donors (Lipinski definition) is 1. The number of aliphatic hydroxyl groups is 1. The largest absolute Gasteiger partial charge is 0.489 e. The molecule has 2 fully saturated rings. The van der Waals surface area contributed by atoms with E-state index in [1.165, 1.54) is 6.07 Å². The number of likely N-dealkylation sites (tertiary alicyclic amines) is 1. The minimum atomic E-state index is -0.356. The number of β-amino-alcohol motifs (C(OH)–C–C–N with tert-alkyl or cyclic N) is 1. The Labute approximate surface area is 123 Å². The number of rotatable bonds is 6. The molecule has 1 aromatic rings. The Hall–Kier alpha value is -1.66. The zero-order valence-corrected chi connectivity index (χ0v) is 11.9. The van der Waals surface area contributed by atoms with E-state index < -0.39 is 0 Å². The van der Waals surface area contributed by atoms with Crippen LogP contribution in [0, 0.1) is 10.1 Å². The predicted molar refractivity (Wildman–Crippen MR) is 77.6 cm³/mol. The number of nitro benzene ring substituents is 1. The van der Waals surface area contributed by atoms with E-state index in [1.54, 1.807) is 6.07 Å². The average Bonchev–Trinajstić information content (AvgIpc) is 3.22. The van der Waals surface area contributed by atoms with Crippen LogP contribution in [0.4, 0.5) is 5.69 Å². The summed E-state index contributed by atoms with van der Waals surface area (Å²) in [4.78, 5) is 12.8. The zero-order valence-electron chi connectivity index (χ0n) is 11.9. The van der Waals surface area contributed by atoms with E-state index in [9.17, 15) is 10.1 Å². The van der Waals surface area contributed by atoms with Crippen LogP contribution in [0.3, 0.4) is 0 Å².